The molecule has 0 radical (unpaired) electrons. The fourth-order valence-electron chi connectivity index (χ4n) is 2.36. The Morgan fingerprint density at radius 2 is 1.59 bits per heavy atom. The van der Waals surface area contributed by atoms with Gasteiger partial charge in [-0.1, -0.05) is 12.1 Å². The van der Waals surface area contributed by atoms with Gasteiger partial charge in [0.25, 0.3) is 5.91 Å². The van der Waals surface area contributed by atoms with Gasteiger partial charge in [0.15, 0.2) is 11.5 Å². The normalized spacial score (nSPS) is 10.0. The molecule has 0 saturated carbocycles. The molecular weight excluding hydrogens is 352 g/mol. The topological polar surface area (TPSA) is 109 Å². The van der Waals surface area contributed by atoms with Gasteiger partial charge in [0.1, 0.15) is 5.75 Å². The molecule has 0 bridgehead atoms. The van der Waals surface area contributed by atoms with Gasteiger partial charge in [0.05, 0.1) is 40.0 Å². The maximum Gasteiger partial charge on any atom is 0.256 e. The lowest BCUT2D eigenvalue weighted by molar-refractivity contribution is -0.118. The van der Waals surface area contributed by atoms with Crippen LogP contribution in [0.2, 0.25) is 0 Å². The Balaban J connectivity index is 2.24. The van der Waals surface area contributed by atoms with Crippen molar-refractivity contribution in [1.29, 1.82) is 0 Å². The molecule has 144 valence electrons. The molecular formula is C19H22N2O6. The van der Waals surface area contributed by atoms with Crippen molar-refractivity contribution in [2.45, 2.75) is 6.42 Å². The van der Waals surface area contributed by atoms with Gasteiger partial charge in [0, 0.05) is 5.56 Å². The summed E-state index contributed by atoms with van der Waals surface area (Å²) in [6.45, 7) is 0.117. The van der Waals surface area contributed by atoms with Gasteiger partial charge in [-0.25, -0.2) is 0 Å². The molecule has 8 heteroatoms. The molecule has 2 amide bonds. The quantitative estimate of drug-likeness (QED) is 0.697. The van der Waals surface area contributed by atoms with Crippen molar-refractivity contribution in [3.05, 3.63) is 42.0 Å². The van der Waals surface area contributed by atoms with Crippen LogP contribution in [0, 0.1) is 0 Å². The largest absolute Gasteiger partial charge is 0.493 e. The zero-order valence-corrected chi connectivity index (χ0v) is 15.4. The van der Waals surface area contributed by atoms with Crippen LogP contribution in [0.5, 0.6) is 23.0 Å². The number of hydrogen-bond donors (Lipinski definition) is 2. The number of nitrogens with two attached hydrogens (primary N) is 1. The summed E-state index contributed by atoms with van der Waals surface area (Å²) in [6.07, 6.45) is 0.0785. The van der Waals surface area contributed by atoms with Gasteiger partial charge < -0.3 is 30.0 Å². The smallest absolute Gasteiger partial charge is 0.256 e. The average molecular weight is 374 g/mol. The molecule has 0 spiro atoms. The number of carbonyl (C=O) groups excluding carboxylic acids is 2. The minimum atomic E-state index is -0.464. The third kappa shape index (κ3) is 5.04. The Labute approximate surface area is 157 Å². The number of methoxy groups -OCH3 is 3. The molecule has 0 aliphatic heterocycles. The molecule has 0 unspecified atom stereocenters. The molecule has 3 N–H and O–H groups in total. The zero-order chi connectivity index (χ0) is 19.8. The summed E-state index contributed by atoms with van der Waals surface area (Å²) in [5, 5.41) is 2.77. The summed E-state index contributed by atoms with van der Waals surface area (Å²) in [4.78, 5) is 23.5. The monoisotopic (exact) mass is 374 g/mol. The minimum Gasteiger partial charge on any atom is -0.493 e. The Kier molecular flexibility index (Phi) is 6.87. The van der Waals surface area contributed by atoms with Crippen molar-refractivity contribution in [1.82, 2.24) is 0 Å². The lowest BCUT2D eigenvalue weighted by Crippen LogP contribution is -2.16. The maximum atomic E-state index is 12.7. The van der Waals surface area contributed by atoms with Crippen molar-refractivity contribution in [3.63, 3.8) is 0 Å². The second-order valence-electron chi connectivity index (χ2n) is 5.43. The van der Waals surface area contributed by atoms with E-state index in [0.29, 0.717) is 34.2 Å². The number of carbonyl (C=O) groups is 2. The van der Waals surface area contributed by atoms with E-state index >= 15 is 0 Å². The molecule has 0 aliphatic rings. The van der Waals surface area contributed by atoms with Crippen LogP contribution in [0.4, 0.5) is 5.69 Å². The molecule has 2 aromatic rings. The fraction of sp³-hybridized carbons (Fsp3) is 0.263. The van der Waals surface area contributed by atoms with Crippen molar-refractivity contribution < 1.29 is 28.5 Å². The van der Waals surface area contributed by atoms with Crippen LogP contribution in [-0.4, -0.2) is 39.8 Å². The molecule has 0 aromatic heterocycles. The van der Waals surface area contributed by atoms with E-state index in [1.807, 2.05) is 0 Å². The zero-order valence-electron chi connectivity index (χ0n) is 15.4. The van der Waals surface area contributed by atoms with E-state index in [2.05, 4.69) is 5.32 Å². The molecule has 0 atom stereocenters. The van der Waals surface area contributed by atoms with E-state index in [4.69, 9.17) is 24.7 Å². The Morgan fingerprint density at radius 3 is 2.15 bits per heavy atom. The van der Waals surface area contributed by atoms with Crippen molar-refractivity contribution in [2.75, 3.05) is 33.3 Å². The number of primary amides is 1. The number of amides is 2. The maximum absolute atomic E-state index is 12.7. The van der Waals surface area contributed by atoms with Gasteiger partial charge in [-0.3, -0.25) is 9.59 Å². The molecule has 0 heterocycles. The predicted octanol–water partition coefficient (Wildman–Crippen LogP) is 2.22. The number of hydrogen-bond acceptors (Lipinski definition) is 6. The number of nitrogens with one attached hydrogen (secondary N) is 1. The highest BCUT2D eigenvalue weighted by Crippen LogP contribution is 2.38. The van der Waals surface area contributed by atoms with Crippen molar-refractivity contribution >= 4 is 17.5 Å². The molecule has 27 heavy (non-hydrogen) atoms. The third-order valence-corrected chi connectivity index (χ3v) is 3.67. The highest BCUT2D eigenvalue weighted by molar-refractivity contribution is 6.05. The van der Waals surface area contributed by atoms with Gasteiger partial charge in [0.2, 0.25) is 11.7 Å². The van der Waals surface area contributed by atoms with Crippen LogP contribution in [0.1, 0.15) is 16.8 Å². The van der Waals surface area contributed by atoms with Crippen molar-refractivity contribution in [2.24, 2.45) is 5.73 Å². The summed E-state index contributed by atoms with van der Waals surface area (Å²) in [7, 11) is 4.43. The first kappa shape index (κ1) is 19.9. The number of benzene rings is 2. The van der Waals surface area contributed by atoms with E-state index in [0.717, 1.165) is 0 Å². The molecule has 2 aromatic carbocycles. The summed E-state index contributed by atoms with van der Waals surface area (Å²) < 4.78 is 21.3. The number of ether oxygens (including phenoxy) is 4. The van der Waals surface area contributed by atoms with E-state index < -0.39 is 5.91 Å². The van der Waals surface area contributed by atoms with Crippen LogP contribution in [0.25, 0.3) is 0 Å². The van der Waals surface area contributed by atoms with Crippen LogP contribution in [0.15, 0.2) is 36.4 Å². The first-order valence-electron chi connectivity index (χ1n) is 8.11. The summed E-state index contributed by atoms with van der Waals surface area (Å²) in [5.74, 6) is 0.710. The van der Waals surface area contributed by atoms with E-state index in [1.54, 1.807) is 36.4 Å². The second kappa shape index (κ2) is 9.33. The Bertz CT molecular complexity index is 797. The highest BCUT2D eigenvalue weighted by atomic mass is 16.5. The first-order valence-corrected chi connectivity index (χ1v) is 8.11. The average Bonchev–Trinajstić information content (AvgIpc) is 2.67. The minimum absolute atomic E-state index is 0.0785. The lowest BCUT2D eigenvalue weighted by atomic mass is 10.1. The van der Waals surface area contributed by atoms with Gasteiger partial charge in [-0.2, -0.15) is 0 Å². The second-order valence-corrected chi connectivity index (χ2v) is 5.43. The van der Waals surface area contributed by atoms with Crippen molar-refractivity contribution in [3.8, 4) is 23.0 Å². The van der Waals surface area contributed by atoms with E-state index in [9.17, 15) is 9.59 Å². The fourth-order valence-corrected chi connectivity index (χ4v) is 2.36. The van der Waals surface area contributed by atoms with Crippen LogP contribution in [-0.2, 0) is 4.79 Å². The molecule has 2 rings (SSSR count). The van der Waals surface area contributed by atoms with Gasteiger partial charge in [-0.15, -0.1) is 0 Å². The number of anilines is 1. The van der Waals surface area contributed by atoms with E-state index in [1.165, 1.54) is 21.3 Å². The number of para-hydroxylation sites is 2. The van der Waals surface area contributed by atoms with Crippen LogP contribution in [0.3, 0.4) is 0 Å². The predicted molar refractivity (Wildman–Crippen MR) is 99.8 cm³/mol. The van der Waals surface area contributed by atoms with Gasteiger partial charge in [-0.05, 0) is 24.3 Å². The molecule has 0 fully saturated rings. The molecule has 8 nitrogen and oxygen atoms in total. The Morgan fingerprint density at radius 1 is 0.963 bits per heavy atom. The summed E-state index contributed by atoms with van der Waals surface area (Å²) >= 11 is 0. The van der Waals surface area contributed by atoms with E-state index in [-0.39, 0.29) is 18.9 Å². The van der Waals surface area contributed by atoms with Crippen LogP contribution < -0.4 is 30.0 Å². The third-order valence-electron chi connectivity index (χ3n) is 3.67. The standard InChI is InChI=1S/C19H22N2O6/c1-24-15-10-12(11-16(25-2)18(15)26-3)19(23)21-13-6-4-5-7-14(13)27-9-8-17(20)22/h4-7,10-11H,8-9H2,1-3H3,(H2,20,22)(H,21,23). The van der Waals surface area contributed by atoms with Gasteiger partial charge >= 0.3 is 0 Å². The molecule has 0 saturated heterocycles. The lowest BCUT2D eigenvalue weighted by Gasteiger charge is -2.15. The first-order chi connectivity index (χ1) is 13.0. The molecule has 0 aliphatic carbocycles. The number of rotatable bonds is 9. The summed E-state index contributed by atoms with van der Waals surface area (Å²) in [5.41, 5.74) is 5.88. The highest BCUT2D eigenvalue weighted by Gasteiger charge is 2.18. The SMILES string of the molecule is COc1cc(C(=O)Nc2ccccc2OCCC(N)=O)cc(OC)c1OC. The Hall–Kier alpha value is -3.42. The van der Waals surface area contributed by atoms with Crippen LogP contribution >= 0.6 is 0 Å². The summed E-state index contributed by atoms with van der Waals surface area (Å²) in [6, 6.07) is 9.99.